The smallest absolute Gasteiger partial charge is 0.146 e. The first-order chi connectivity index (χ1) is 16.7. The number of halogens is 1. The highest BCUT2D eigenvalue weighted by molar-refractivity contribution is 6.30. The SMILES string of the molecule is COC1=CC(c2ccc[nH]2)=N/C1=C\c1[nH]c(Cc2ccc(Cl)cc2)cc1CCC1CCCCC1. The molecule has 176 valence electrons. The lowest BCUT2D eigenvalue weighted by atomic mass is 9.85. The van der Waals surface area contributed by atoms with Gasteiger partial charge in [0.25, 0.3) is 0 Å². The van der Waals surface area contributed by atoms with E-state index in [1.54, 1.807) is 7.11 Å². The molecule has 34 heavy (non-hydrogen) atoms. The summed E-state index contributed by atoms with van der Waals surface area (Å²) in [5.74, 6) is 1.64. The number of ether oxygens (including phenoxy) is 1. The molecular weight excluding hydrogens is 442 g/mol. The van der Waals surface area contributed by atoms with E-state index in [9.17, 15) is 0 Å². The Bertz CT molecular complexity index is 1190. The zero-order valence-electron chi connectivity index (χ0n) is 19.7. The number of aromatic nitrogens is 2. The Labute approximate surface area is 206 Å². The Balaban J connectivity index is 1.43. The number of hydrogen-bond donors (Lipinski definition) is 2. The average Bonchev–Trinajstić information content (AvgIpc) is 3.60. The molecule has 2 aliphatic rings. The zero-order valence-corrected chi connectivity index (χ0v) is 20.5. The number of hydrogen-bond acceptors (Lipinski definition) is 2. The van der Waals surface area contributed by atoms with Gasteiger partial charge in [-0.1, -0.05) is 55.8 Å². The number of methoxy groups -OCH3 is 1. The first kappa shape index (κ1) is 22.8. The summed E-state index contributed by atoms with van der Waals surface area (Å²) in [6.07, 6.45) is 16.2. The molecule has 3 aromatic rings. The quantitative estimate of drug-likeness (QED) is 0.350. The van der Waals surface area contributed by atoms with Crippen LogP contribution >= 0.6 is 11.6 Å². The highest BCUT2D eigenvalue weighted by Crippen LogP contribution is 2.30. The molecule has 0 amide bonds. The van der Waals surface area contributed by atoms with Crippen LogP contribution in [0.4, 0.5) is 0 Å². The molecule has 0 radical (unpaired) electrons. The molecular formula is C29H32ClN3O. The van der Waals surface area contributed by atoms with Gasteiger partial charge in [0.2, 0.25) is 0 Å². The number of nitrogens with one attached hydrogen (secondary N) is 2. The van der Waals surface area contributed by atoms with Crippen molar-refractivity contribution < 1.29 is 4.74 Å². The molecule has 2 aromatic heterocycles. The van der Waals surface area contributed by atoms with Gasteiger partial charge in [-0.3, -0.25) is 0 Å². The predicted molar refractivity (Wildman–Crippen MR) is 140 cm³/mol. The average molecular weight is 474 g/mol. The number of rotatable bonds is 8. The molecule has 0 atom stereocenters. The highest BCUT2D eigenvalue weighted by Gasteiger charge is 2.19. The number of H-pyrrole nitrogens is 2. The van der Waals surface area contributed by atoms with Crippen LogP contribution in [0.2, 0.25) is 5.02 Å². The van der Waals surface area contributed by atoms with E-state index in [2.05, 4.69) is 34.2 Å². The lowest BCUT2D eigenvalue weighted by Gasteiger charge is -2.21. The van der Waals surface area contributed by atoms with E-state index in [0.717, 1.165) is 52.3 Å². The van der Waals surface area contributed by atoms with E-state index in [4.69, 9.17) is 21.3 Å². The molecule has 0 bridgehead atoms. The fourth-order valence-electron chi connectivity index (χ4n) is 5.11. The molecule has 1 aliphatic carbocycles. The summed E-state index contributed by atoms with van der Waals surface area (Å²) < 4.78 is 5.67. The van der Waals surface area contributed by atoms with Crippen molar-refractivity contribution >= 4 is 23.4 Å². The number of aryl methyl sites for hydroxylation is 1. The van der Waals surface area contributed by atoms with Crippen LogP contribution in [-0.2, 0) is 17.6 Å². The molecule has 2 N–H and O–H groups in total. The summed E-state index contributed by atoms with van der Waals surface area (Å²) in [6.45, 7) is 0. The van der Waals surface area contributed by atoms with Crippen LogP contribution in [0.5, 0.6) is 0 Å². The number of allylic oxidation sites excluding steroid dienone is 1. The molecule has 3 heterocycles. The van der Waals surface area contributed by atoms with Crippen LogP contribution < -0.4 is 0 Å². The van der Waals surface area contributed by atoms with Crippen LogP contribution in [0.25, 0.3) is 6.08 Å². The van der Waals surface area contributed by atoms with Gasteiger partial charge in [-0.2, -0.15) is 0 Å². The molecule has 5 heteroatoms. The van der Waals surface area contributed by atoms with Crippen molar-refractivity contribution in [3.05, 3.63) is 99.4 Å². The maximum Gasteiger partial charge on any atom is 0.146 e. The van der Waals surface area contributed by atoms with Crippen molar-refractivity contribution in [1.29, 1.82) is 0 Å². The second-order valence-corrected chi connectivity index (χ2v) is 9.84. The van der Waals surface area contributed by atoms with Crippen molar-refractivity contribution in [3.63, 3.8) is 0 Å². The summed E-state index contributed by atoms with van der Waals surface area (Å²) >= 11 is 6.08. The van der Waals surface area contributed by atoms with Gasteiger partial charge in [-0.05, 0) is 66.3 Å². The topological polar surface area (TPSA) is 53.2 Å². The lowest BCUT2D eigenvalue weighted by molar-refractivity contribution is 0.303. The third kappa shape index (κ3) is 5.39. The fraction of sp³-hybridized carbons (Fsp3) is 0.345. The standard InChI is InChI=1S/C29H32ClN3O/c1-34-29-19-27(25-8-5-15-31-25)33-28(29)18-26-22(12-9-20-6-3-2-4-7-20)17-24(32-26)16-21-10-13-23(30)14-11-21/h5,8,10-11,13-15,17-20,31-32H,2-4,6-7,9,12,16H2,1H3/b28-18-. The number of aromatic amines is 2. The largest absolute Gasteiger partial charge is 0.494 e. The van der Waals surface area contributed by atoms with Gasteiger partial charge in [0.1, 0.15) is 11.5 Å². The van der Waals surface area contributed by atoms with Crippen molar-refractivity contribution in [2.75, 3.05) is 7.11 Å². The third-order valence-corrected chi connectivity index (χ3v) is 7.23. The fourth-order valence-corrected chi connectivity index (χ4v) is 5.24. The predicted octanol–water partition coefficient (Wildman–Crippen LogP) is 7.47. The summed E-state index contributed by atoms with van der Waals surface area (Å²) in [6, 6.07) is 14.5. The Morgan fingerprint density at radius 3 is 2.68 bits per heavy atom. The minimum atomic E-state index is 0.768. The van der Waals surface area contributed by atoms with Crippen molar-refractivity contribution in [3.8, 4) is 0 Å². The van der Waals surface area contributed by atoms with Gasteiger partial charge in [-0.15, -0.1) is 0 Å². The Morgan fingerprint density at radius 1 is 1.12 bits per heavy atom. The van der Waals surface area contributed by atoms with Crippen LogP contribution in [-0.4, -0.2) is 22.8 Å². The minimum absolute atomic E-state index is 0.768. The van der Waals surface area contributed by atoms with Gasteiger partial charge >= 0.3 is 0 Å². The first-order valence-electron chi connectivity index (χ1n) is 12.3. The molecule has 5 rings (SSSR count). The van der Waals surface area contributed by atoms with Crippen LogP contribution in [0.1, 0.15) is 66.7 Å². The van der Waals surface area contributed by atoms with Crippen molar-refractivity contribution in [2.24, 2.45) is 10.9 Å². The second-order valence-electron chi connectivity index (χ2n) is 9.40. The normalized spacial score (nSPS) is 17.8. The van der Waals surface area contributed by atoms with Crippen LogP contribution in [0, 0.1) is 5.92 Å². The van der Waals surface area contributed by atoms with Gasteiger partial charge in [0, 0.05) is 35.1 Å². The number of nitrogens with zero attached hydrogens (tertiary/aromatic N) is 1. The molecule has 0 saturated heterocycles. The molecule has 1 fully saturated rings. The molecule has 1 aliphatic heterocycles. The van der Waals surface area contributed by atoms with Crippen LogP contribution in [0.15, 0.2) is 71.2 Å². The Hall–Kier alpha value is -2.98. The summed E-state index contributed by atoms with van der Waals surface area (Å²) in [5.41, 5.74) is 7.69. The van der Waals surface area contributed by atoms with Gasteiger partial charge in [0.05, 0.1) is 18.5 Å². The molecule has 0 spiro atoms. The Morgan fingerprint density at radius 2 is 1.94 bits per heavy atom. The van der Waals surface area contributed by atoms with E-state index in [1.165, 1.54) is 55.3 Å². The third-order valence-electron chi connectivity index (χ3n) is 6.98. The van der Waals surface area contributed by atoms with E-state index < -0.39 is 0 Å². The maximum absolute atomic E-state index is 6.08. The minimum Gasteiger partial charge on any atom is -0.494 e. The Kier molecular flexibility index (Phi) is 7.05. The van der Waals surface area contributed by atoms with Crippen LogP contribution in [0.3, 0.4) is 0 Å². The maximum atomic E-state index is 6.08. The van der Waals surface area contributed by atoms with E-state index in [1.807, 2.05) is 36.5 Å². The summed E-state index contributed by atoms with van der Waals surface area (Å²) in [7, 11) is 1.71. The number of benzene rings is 1. The lowest BCUT2D eigenvalue weighted by Crippen LogP contribution is -2.07. The van der Waals surface area contributed by atoms with Gasteiger partial charge in [0.15, 0.2) is 0 Å². The van der Waals surface area contributed by atoms with E-state index >= 15 is 0 Å². The summed E-state index contributed by atoms with van der Waals surface area (Å²) in [4.78, 5) is 11.8. The van der Waals surface area contributed by atoms with Crippen molar-refractivity contribution in [1.82, 2.24) is 9.97 Å². The second kappa shape index (κ2) is 10.5. The van der Waals surface area contributed by atoms with E-state index in [-0.39, 0.29) is 0 Å². The molecule has 4 nitrogen and oxygen atoms in total. The monoisotopic (exact) mass is 473 g/mol. The van der Waals surface area contributed by atoms with Gasteiger partial charge in [-0.25, -0.2) is 4.99 Å². The molecule has 1 saturated carbocycles. The van der Waals surface area contributed by atoms with Crippen molar-refractivity contribution in [2.45, 2.75) is 51.4 Å². The number of aliphatic imine (C=N–C) groups is 1. The van der Waals surface area contributed by atoms with E-state index in [0.29, 0.717) is 0 Å². The molecule has 1 aromatic carbocycles. The summed E-state index contributed by atoms with van der Waals surface area (Å²) in [5, 5.41) is 0.768. The first-order valence-corrected chi connectivity index (χ1v) is 12.7. The highest BCUT2D eigenvalue weighted by atomic mass is 35.5. The van der Waals surface area contributed by atoms with Gasteiger partial charge < -0.3 is 14.7 Å². The molecule has 0 unspecified atom stereocenters. The zero-order chi connectivity index (χ0) is 23.3.